The quantitative estimate of drug-likeness (QED) is 0.765. The van der Waals surface area contributed by atoms with E-state index in [1.54, 1.807) is 12.1 Å². The predicted molar refractivity (Wildman–Crippen MR) is 53.1 cm³/mol. The summed E-state index contributed by atoms with van der Waals surface area (Å²) in [6.07, 6.45) is 2.39. The molecule has 1 atom stereocenters. The molecule has 1 aromatic carbocycles. The van der Waals surface area contributed by atoms with Crippen molar-refractivity contribution in [2.45, 2.75) is 18.9 Å². The standard InChI is InChI=1S/C11H13NO2/c12-10(7-1-2-7)8-3-5-9(6-4-8)11(13)14/h3-7,10H,1-2,12H2,(H,13,14)/t10-/m1/s1. The summed E-state index contributed by atoms with van der Waals surface area (Å²) in [5.74, 6) is -0.290. The fraction of sp³-hybridized carbons (Fsp3) is 0.364. The molecule has 1 fully saturated rings. The zero-order valence-electron chi connectivity index (χ0n) is 7.81. The maximum Gasteiger partial charge on any atom is 0.335 e. The van der Waals surface area contributed by atoms with Gasteiger partial charge in [0.05, 0.1) is 5.56 Å². The van der Waals surface area contributed by atoms with Gasteiger partial charge in [-0.1, -0.05) is 12.1 Å². The van der Waals surface area contributed by atoms with Crippen molar-refractivity contribution in [1.29, 1.82) is 0 Å². The van der Waals surface area contributed by atoms with Gasteiger partial charge in [-0.25, -0.2) is 4.79 Å². The Kier molecular flexibility index (Phi) is 2.25. The van der Waals surface area contributed by atoms with Gasteiger partial charge in [0, 0.05) is 6.04 Å². The van der Waals surface area contributed by atoms with Gasteiger partial charge in [0.2, 0.25) is 0 Å². The molecular weight excluding hydrogens is 178 g/mol. The molecule has 1 saturated carbocycles. The van der Waals surface area contributed by atoms with Gasteiger partial charge in [-0.15, -0.1) is 0 Å². The van der Waals surface area contributed by atoms with Crippen LogP contribution in [0.1, 0.15) is 34.8 Å². The lowest BCUT2D eigenvalue weighted by Gasteiger charge is -2.10. The number of rotatable bonds is 3. The molecule has 0 aromatic heterocycles. The summed E-state index contributed by atoms with van der Waals surface area (Å²) in [6, 6.07) is 6.93. The normalized spacial score (nSPS) is 17.8. The van der Waals surface area contributed by atoms with E-state index in [4.69, 9.17) is 10.8 Å². The summed E-state index contributed by atoms with van der Waals surface area (Å²) in [5.41, 5.74) is 7.33. The second-order valence-corrected chi connectivity index (χ2v) is 3.79. The molecule has 0 saturated heterocycles. The molecule has 0 aliphatic heterocycles. The van der Waals surface area contributed by atoms with Gasteiger partial charge in [-0.05, 0) is 36.5 Å². The molecule has 0 unspecified atom stereocenters. The maximum absolute atomic E-state index is 10.6. The average Bonchev–Trinajstić information content (AvgIpc) is 3.00. The summed E-state index contributed by atoms with van der Waals surface area (Å²) < 4.78 is 0. The third-order valence-corrected chi connectivity index (χ3v) is 2.67. The first-order valence-electron chi connectivity index (χ1n) is 4.77. The Morgan fingerprint density at radius 3 is 2.36 bits per heavy atom. The summed E-state index contributed by atoms with van der Waals surface area (Å²) in [6.45, 7) is 0. The molecule has 3 nitrogen and oxygen atoms in total. The zero-order valence-corrected chi connectivity index (χ0v) is 7.81. The molecule has 0 amide bonds. The summed E-state index contributed by atoms with van der Waals surface area (Å²) in [4.78, 5) is 10.6. The van der Waals surface area contributed by atoms with Crippen molar-refractivity contribution >= 4 is 5.97 Å². The number of carbonyl (C=O) groups is 1. The third kappa shape index (κ3) is 1.77. The summed E-state index contributed by atoms with van der Waals surface area (Å²) in [5, 5.41) is 8.70. The fourth-order valence-electron chi connectivity index (χ4n) is 1.58. The van der Waals surface area contributed by atoms with Crippen LogP contribution in [0.3, 0.4) is 0 Å². The predicted octanol–water partition coefficient (Wildman–Crippen LogP) is 1.79. The van der Waals surface area contributed by atoms with Crippen molar-refractivity contribution in [1.82, 2.24) is 0 Å². The van der Waals surface area contributed by atoms with E-state index in [1.165, 1.54) is 12.8 Å². The van der Waals surface area contributed by atoms with Crippen molar-refractivity contribution in [2.75, 3.05) is 0 Å². The van der Waals surface area contributed by atoms with Crippen LogP contribution >= 0.6 is 0 Å². The second kappa shape index (κ2) is 3.42. The molecule has 1 aliphatic rings. The Bertz CT molecular complexity index is 341. The number of carboxylic acids is 1. The van der Waals surface area contributed by atoms with Crippen LogP contribution in [-0.4, -0.2) is 11.1 Å². The summed E-state index contributed by atoms with van der Waals surface area (Å²) >= 11 is 0. The number of aromatic carboxylic acids is 1. The highest BCUT2D eigenvalue weighted by molar-refractivity contribution is 5.87. The lowest BCUT2D eigenvalue weighted by Crippen LogP contribution is -2.12. The first-order valence-corrected chi connectivity index (χ1v) is 4.77. The highest BCUT2D eigenvalue weighted by Crippen LogP contribution is 2.39. The number of benzene rings is 1. The van der Waals surface area contributed by atoms with Crippen molar-refractivity contribution in [2.24, 2.45) is 11.7 Å². The van der Waals surface area contributed by atoms with Gasteiger partial charge < -0.3 is 10.8 Å². The van der Waals surface area contributed by atoms with E-state index in [1.807, 2.05) is 12.1 Å². The van der Waals surface area contributed by atoms with Crippen LogP contribution in [0.4, 0.5) is 0 Å². The molecule has 0 radical (unpaired) electrons. The van der Waals surface area contributed by atoms with Crippen molar-refractivity contribution < 1.29 is 9.90 Å². The van der Waals surface area contributed by atoms with E-state index in [9.17, 15) is 4.79 Å². The Hall–Kier alpha value is -1.35. The van der Waals surface area contributed by atoms with Crippen LogP contribution in [0.5, 0.6) is 0 Å². The molecule has 74 valence electrons. The Balaban J connectivity index is 2.16. The van der Waals surface area contributed by atoms with Crippen molar-refractivity contribution in [3.05, 3.63) is 35.4 Å². The van der Waals surface area contributed by atoms with E-state index in [2.05, 4.69) is 0 Å². The lowest BCUT2D eigenvalue weighted by molar-refractivity contribution is 0.0697. The largest absolute Gasteiger partial charge is 0.478 e. The van der Waals surface area contributed by atoms with E-state index in [-0.39, 0.29) is 6.04 Å². The third-order valence-electron chi connectivity index (χ3n) is 2.67. The molecule has 0 heterocycles. The lowest BCUT2D eigenvalue weighted by atomic mass is 10.0. The SMILES string of the molecule is N[C@@H](c1ccc(C(=O)O)cc1)C1CC1. The minimum absolute atomic E-state index is 0.0813. The number of hydrogen-bond donors (Lipinski definition) is 2. The van der Waals surface area contributed by atoms with Crippen LogP contribution in [-0.2, 0) is 0 Å². The van der Waals surface area contributed by atoms with Crippen molar-refractivity contribution in [3.63, 3.8) is 0 Å². The first-order chi connectivity index (χ1) is 6.68. The van der Waals surface area contributed by atoms with Gasteiger partial charge >= 0.3 is 5.97 Å². The number of carboxylic acid groups (broad SMARTS) is 1. The van der Waals surface area contributed by atoms with Crippen LogP contribution < -0.4 is 5.73 Å². The topological polar surface area (TPSA) is 63.3 Å². The van der Waals surface area contributed by atoms with Crippen molar-refractivity contribution in [3.8, 4) is 0 Å². The Labute approximate surface area is 82.5 Å². The van der Waals surface area contributed by atoms with Gasteiger partial charge in [-0.3, -0.25) is 0 Å². The highest BCUT2D eigenvalue weighted by Gasteiger charge is 2.29. The number of nitrogens with two attached hydrogens (primary N) is 1. The van der Waals surface area contributed by atoms with E-state index in [0.717, 1.165) is 5.56 Å². The minimum Gasteiger partial charge on any atom is -0.478 e. The minimum atomic E-state index is -0.892. The molecule has 1 aliphatic carbocycles. The molecule has 0 bridgehead atoms. The molecule has 3 N–H and O–H groups in total. The highest BCUT2D eigenvalue weighted by atomic mass is 16.4. The second-order valence-electron chi connectivity index (χ2n) is 3.79. The molecule has 0 spiro atoms. The Morgan fingerprint density at radius 2 is 1.93 bits per heavy atom. The van der Waals surface area contributed by atoms with Crippen LogP contribution in [0.15, 0.2) is 24.3 Å². The van der Waals surface area contributed by atoms with Gasteiger partial charge in [0.15, 0.2) is 0 Å². The fourth-order valence-corrected chi connectivity index (χ4v) is 1.58. The average molecular weight is 191 g/mol. The van der Waals surface area contributed by atoms with E-state index in [0.29, 0.717) is 11.5 Å². The monoisotopic (exact) mass is 191 g/mol. The molecular formula is C11H13NO2. The van der Waals surface area contributed by atoms with Gasteiger partial charge in [-0.2, -0.15) is 0 Å². The molecule has 2 rings (SSSR count). The first kappa shape index (κ1) is 9.21. The van der Waals surface area contributed by atoms with Gasteiger partial charge in [0.25, 0.3) is 0 Å². The van der Waals surface area contributed by atoms with Crippen LogP contribution in [0, 0.1) is 5.92 Å². The summed E-state index contributed by atoms with van der Waals surface area (Å²) in [7, 11) is 0. The van der Waals surface area contributed by atoms with Gasteiger partial charge in [0.1, 0.15) is 0 Å². The van der Waals surface area contributed by atoms with Crippen LogP contribution in [0.2, 0.25) is 0 Å². The molecule has 1 aromatic rings. The molecule has 14 heavy (non-hydrogen) atoms. The smallest absolute Gasteiger partial charge is 0.335 e. The molecule has 3 heteroatoms. The Morgan fingerprint density at radius 1 is 1.36 bits per heavy atom. The van der Waals surface area contributed by atoms with E-state index < -0.39 is 5.97 Å². The zero-order chi connectivity index (χ0) is 10.1. The maximum atomic E-state index is 10.6. The van der Waals surface area contributed by atoms with Crippen LogP contribution in [0.25, 0.3) is 0 Å². The number of hydrogen-bond acceptors (Lipinski definition) is 2. The van der Waals surface area contributed by atoms with E-state index >= 15 is 0 Å².